The second-order valence-corrected chi connectivity index (χ2v) is 5.87. The highest BCUT2D eigenvalue weighted by Gasteiger charge is 2.36. The number of amides is 4. The molecule has 0 aliphatic carbocycles. The number of ether oxygens (including phenoxy) is 1. The Morgan fingerprint density at radius 3 is 2.82 bits per heavy atom. The number of nitrogens with one attached hydrogen (secondary N) is 1. The summed E-state index contributed by atoms with van der Waals surface area (Å²) in [4.78, 5) is 39.7. The average molecular weight is 321 g/mol. The van der Waals surface area contributed by atoms with Gasteiger partial charge in [-0.05, 0) is 17.5 Å². The van der Waals surface area contributed by atoms with Crippen LogP contribution in [0.3, 0.4) is 0 Å². The lowest BCUT2D eigenvalue weighted by Crippen LogP contribution is -2.47. The molecule has 1 aromatic rings. The van der Waals surface area contributed by atoms with Crippen LogP contribution >= 0.6 is 11.3 Å². The van der Waals surface area contributed by atoms with E-state index in [1.165, 1.54) is 11.3 Å². The molecule has 2 saturated heterocycles. The van der Waals surface area contributed by atoms with Crippen LogP contribution in [0.4, 0.5) is 4.79 Å². The predicted octanol–water partition coefficient (Wildman–Crippen LogP) is 0.500. The highest BCUT2D eigenvalue weighted by Crippen LogP contribution is 2.17. The van der Waals surface area contributed by atoms with Crippen LogP contribution in [0.2, 0.25) is 0 Å². The lowest BCUT2D eigenvalue weighted by molar-refractivity contribution is -0.139. The van der Waals surface area contributed by atoms with Crippen molar-refractivity contribution >= 4 is 35.3 Å². The molecular weight excluding hydrogens is 306 g/mol. The zero-order chi connectivity index (χ0) is 15.5. The van der Waals surface area contributed by atoms with Crippen LogP contribution in [0, 0.1) is 0 Å². The van der Waals surface area contributed by atoms with E-state index in [-0.39, 0.29) is 18.1 Å². The van der Waals surface area contributed by atoms with Gasteiger partial charge in [-0.1, -0.05) is 6.07 Å². The van der Waals surface area contributed by atoms with Crippen molar-refractivity contribution in [3.05, 3.63) is 28.1 Å². The van der Waals surface area contributed by atoms with E-state index in [1.54, 1.807) is 11.0 Å². The molecule has 1 N–H and O–H groups in total. The maximum absolute atomic E-state index is 12.2. The summed E-state index contributed by atoms with van der Waals surface area (Å²) in [6.07, 6.45) is 1.62. The maximum atomic E-state index is 12.2. The van der Waals surface area contributed by atoms with Crippen LogP contribution in [0.5, 0.6) is 0 Å². The Bertz CT molecular complexity index is 620. The fourth-order valence-corrected chi connectivity index (χ4v) is 2.94. The monoisotopic (exact) mass is 321 g/mol. The standard InChI is InChI=1S/C14H15N3O4S/c18-12(16-3-5-21-6-4-16)9-17-13(19)11(15-14(17)20)8-10-2-1-7-22-10/h1-2,7-8H,3-6,9H2,(H,15,20). The highest BCUT2D eigenvalue weighted by atomic mass is 32.1. The summed E-state index contributed by atoms with van der Waals surface area (Å²) in [5, 5.41) is 4.39. The fourth-order valence-electron chi connectivity index (χ4n) is 2.28. The molecular formula is C14H15N3O4S. The number of hydrogen-bond donors (Lipinski definition) is 1. The molecule has 2 aliphatic rings. The van der Waals surface area contributed by atoms with Crippen molar-refractivity contribution in [1.82, 2.24) is 15.1 Å². The Labute approximate surface area is 131 Å². The van der Waals surface area contributed by atoms with Gasteiger partial charge in [-0.2, -0.15) is 0 Å². The summed E-state index contributed by atoms with van der Waals surface area (Å²) in [5.74, 6) is -0.718. The lowest BCUT2D eigenvalue weighted by Gasteiger charge is -2.27. The molecule has 2 fully saturated rings. The van der Waals surface area contributed by atoms with E-state index in [4.69, 9.17) is 4.74 Å². The molecule has 3 heterocycles. The van der Waals surface area contributed by atoms with Crippen molar-refractivity contribution in [3.8, 4) is 0 Å². The largest absolute Gasteiger partial charge is 0.378 e. The zero-order valence-corrected chi connectivity index (χ0v) is 12.6. The van der Waals surface area contributed by atoms with Crippen LogP contribution in [0.15, 0.2) is 23.2 Å². The first-order valence-electron chi connectivity index (χ1n) is 6.89. The fraction of sp³-hybridized carbons (Fsp3) is 0.357. The molecule has 22 heavy (non-hydrogen) atoms. The van der Waals surface area contributed by atoms with E-state index in [0.29, 0.717) is 26.3 Å². The third-order valence-corrected chi connectivity index (χ3v) is 4.27. The van der Waals surface area contributed by atoms with Gasteiger partial charge in [0, 0.05) is 18.0 Å². The number of morpholine rings is 1. The first-order chi connectivity index (χ1) is 10.6. The van der Waals surface area contributed by atoms with Gasteiger partial charge in [-0.15, -0.1) is 11.3 Å². The number of carbonyl (C=O) groups excluding carboxylic acids is 3. The predicted molar refractivity (Wildman–Crippen MR) is 79.9 cm³/mol. The van der Waals surface area contributed by atoms with Gasteiger partial charge in [0.2, 0.25) is 5.91 Å². The summed E-state index contributed by atoms with van der Waals surface area (Å²) < 4.78 is 5.18. The molecule has 1 aromatic heterocycles. The van der Waals surface area contributed by atoms with Crippen LogP contribution in [-0.4, -0.2) is 60.5 Å². The third kappa shape index (κ3) is 3.02. The molecule has 3 rings (SSSR count). The van der Waals surface area contributed by atoms with Crippen molar-refractivity contribution in [1.29, 1.82) is 0 Å². The van der Waals surface area contributed by atoms with Gasteiger partial charge in [0.15, 0.2) is 0 Å². The zero-order valence-electron chi connectivity index (χ0n) is 11.8. The highest BCUT2D eigenvalue weighted by molar-refractivity contribution is 7.10. The molecule has 0 aromatic carbocycles. The molecule has 0 saturated carbocycles. The smallest absolute Gasteiger partial charge is 0.329 e. The summed E-state index contributed by atoms with van der Waals surface area (Å²) >= 11 is 1.46. The quantitative estimate of drug-likeness (QED) is 0.649. The molecule has 0 bridgehead atoms. The lowest BCUT2D eigenvalue weighted by atomic mass is 10.3. The van der Waals surface area contributed by atoms with Crippen molar-refractivity contribution in [2.45, 2.75) is 0 Å². The Morgan fingerprint density at radius 2 is 2.14 bits per heavy atom. The van der Waals surface area contributed by atoms with E-state index in [0.717, 1.165) is 9.78 Å². The molecule has 4 amide bonds. The van der Waals surface area contributed by atoms with Crippen LogP contribution in [0.1, 0.15) is 4.88 Å². The normalized spacial score (nSPS) is 20.6. The third-order valence-electron chi connectivity index (χ3n) is 3.45. The van der Waals surface area contributed by atoms with E-state index in [2.05, 4.69) is 5.32 Å². The van der Waals surface area contributed by atoms with Crippen molar-refractivity contribution in [2.24, 2.45) is 0 Å². The number of rotatable bonds is 3. The van der Waals surface area contributed by atoms with E-state index < -0.39 is 11.9 Å². The maximum Gasteiger partial charge on any atom is 0.329 e. The number of nitrogens with zero attached hydrogens (tertiary/aromatic N) is 2. The number of imide groups is 1. The van der Waals surface area contributed by atoms with Crippen LogP contribution < -0.4 is 5.32 Å². The number of thiophene rings is 1. The average Bonchev–Trinajstić information content (AvgIpc) is 3.12. The van der Waals surface area contributed by atoms with Gasteiger partial charge in [0.25, 0.3) is 5.91 Å². The first-order valence-corrected chi connectivity index (χ1v) is 7.76. The minimum Gasteiger partial charge on any atom is -0.378 e. The Kier molecular flexibility index (Phi) is 4.21. The van der Waals surface area contributed by atoms with Gasteiger partial charge in [-0.25, -0.2) is 9.69 Å². The molecule has 8 heteroatoms. The van der Waals surface area contributed by atoms with Gasteiger partial charge >= 0.3 is 6.03 Å². The Morgan fingerprint density at radius 1 is 1.36 bits per heavy atom. The first kappa shape index (κ1) is 14.7. The molecule has 0 unspecified atom stereocenters. The topological polar surface area (TPSA) is 79.0 Å². The Hall–Kier alpha value is -2.19. The SMILES string of the molecule is O=C(CN1C(=O)NC(=Cc2cccs2)C1=O)N1CCOCC1. The van der Waals surface area contributed by atoms with Gasteiger partial charge in [-0.3, -0.25) is 9.59 Å². The molecule has 0 spiro atoms. The van der Waals surface area contributed by atoms with Crippen molar-refractivity contribution in [3.63, 3.8) is 0 Å². The molecule has 2 aliphatic heterocycles. The minimum absolute atomic E-state index is 0.197. The Balaban J connectivity index is 1.68. The molecule has 0 radical (unpaired) electrons. The number of carbonyl (C=O) groups is 3. The van der Waals surface area contributed by atoms with E-state index in [1.807, 2.05) is 17.5 Å². The van der Waals surface area contributed by atoms with Gasteiger partial charge in [0.1, 0.15) is 12.2 Å². The summed E-state index contributed by atoms with van der Waals surface area (Å²) in [6, 6.07) is 3.14. The van der Waals surface area contributed by atoms with E-state index in [9.17, 15) is 14.4 Å². The number of hydrogen-bond acceptors (Lipinski definition) is 5. The summed E-state index contributed by atoms with van der Waals surface area (Å²) in [7, 11) is 0. The van der Waals surface area contributed by atoms with Gasteiger partial charge in [0.05, 0.1) is 13.2 Å². The minimum atomic E-state index is -0.561. The summed E-state index contributed by atoms with van der Waals surface area (Å²) in [5.41, 5.74) is 0.197. The number of urea groups is 1. The molecule has 7 nitrogen and oxygen atoms in total. The van der Waals surface area contributed by atoms with Gasteiger partial charge < -0.3 is 15.0 Å². The second kappa shape index (κ2) is 6.29. The van der Waals surface area contributed by atoms with Crippen molar-refractivity contribution < 1.29 is 19.1 Å². The molecule has 116 valence electrons. The van der Waals surface area contributed by atoms with Crippen LogP contribution in [-0.2, 0) is 14.3 Å². The van der Waals surface area contributed by atoms with Crippen LogP contribution in [0.25, 0.3) is 6.08 Å². The second-order valence-electron chi connectivity index (χ2n) is 4.89. The summed E-state index contributed by atoms with van der Waals surface area (Å²) in [6.45, 7) is 1.69. The van der Waals surface area contributed by atoms with E-state index >= 15 is 0 Å². The van der Waals surface area contributed by atoms with Crippen molar-refractivity contribution in [2.75, 3.05) is 32.8 Å². The molecule has 0 atom stereocenters.